The minimum atomic E-state index is -3.27. The van der Waals surface area contributed by atoms with Crippen molar-refractivity contribution in [2.24, 2.45) is 0 Å². The van der Waals surface area contributed by atoms with Crippen LogP contribution in [0.2, 0.25) is 0 Å². The SMILES string of the molecule is CC(C)c1c(OC2CN(S(C)(=O)=O)C2)nc2cc3[nH][nH]c(=O)c3cc2c1-c1ccc(F)cc1. The van der Waals surface area contributed by atoms with Gasteiger partial charge in [0.25, 0.3) is 5.56 Å². The van der Waals surface area contributed by atoms with E-state index in [2.05, 4.69) is 10.2 Å². The van der Waals surface area contributed by atoms with Crippen molar-refractivity contribution in [3.8, 4) is 17.0 Å². The summed E-state index contributed by atoms with van der Waals surface area (Å²) in [6.07, 6.45) is 0.853. The standard InChI is InChI=1S/C23H23FN4O4S/c1-12(2)20-21(13-4-6-14(24)7-5-13)16-8-17-19(26-27-22(17)29)9-18(16)25-23(20)32-15-10-28(11-15)33(3,30)31/h4-9,12,15H,10-11H2,1-3H3,(H2,26,27,29). The van der Waals surface area contributed by atoms with Gasteiger partial charge in [-0.25, -0.2) is 17.8 Å². The fourth-order valence-corrected chi connectivity index (χ4v) is 5.12. The lowest BCUT2D eigenvalue weighted by Crippen LogP contribution is -2.55. The number of pyridine rings is 1. The molecule has 5 rings (SSSR count). The zero-order valence-electron chi connectivity index (χ0n) is 18.3. The fourth-order valence-electron chi connectivity index (χ4n) is 4.24. The molecule has 33 heavy (non-hydrogen) atoms. The number of ether oxygens (including phenoxy) is 1. The van der Waals surface area contributed by atoms with Crippen LogP contribution in [0.25, 0.3) is 32.9 Å². The number of halogens is 1. The Bertz CT molecular complexity index is 1540. The number of sulfonamides is 1. The minimum absolute atomic E-state index is 0.0109. The first kappa shape index (κ1) is 21.6. The molecule has 0 spiro atoms. The maximum Gasteiger partial charge on any atom is 0.271 e. The summed E-state index contributed by atoms with van der Waals surface area (Å²) in [6.45, 7) is 4.53. The molecule has 0 atom stereocenters. The monoisotopic (exact) mass is 470 g/mol. The predicted octanol–water partition coefficient (Wildman–Crippen LogP) is 3.36. The van der Waals surface area contributed by atoms with Crippen LogP contribution in [-0.2, 0) is 10.0 Å². The molecule has 2 aromatic heterocycles. The zero-order chi connectivity index (χ0) is 23.5. The molecule has 0 bridgehead atoms. The van der Waals surface area contributed by atoms with Gasteiger partial charge in [-0.3, -0.25) is 15.0 Å². The average Bonchev–Trinajstić information content (AvgIpc) is 3.07. The summed E-state index contributed by atoms with van der Waals surface area (Å²) in [6, 6.07) is 9.74. The van der Waals surface area contributed by atoms with Gasteiger partial charge in [-0.2, -0.15) is 4.31 Å². The first-order chi connectivity index (χ1) is 15.6. The molecule has 2 aromatic carbocycles. The summed E-state index contributed by atoms with van der Waals surface area (Å²) in [4.78, 5) is 17.0. The van der Waals surface area contributed by atoms with Crippen LogP contribution >= 0.6 is 0 Å². The Kier molecular flexibility index (Phi) is 5.02. The maximum atomic E-state index is 13.7. The van der Waals surface area contributed by atoms with Gasteiger partial charge in [0.05, 0.1) is 35.8 Å². The van der Waals surface area contributed by atoms with E-state index >= 15 is 0 Å². The molecule has 2 N–H and O–H groups in total. The normalized spacial score (nSPS) is 15.4. The molecule has 1 saturated heterocycles. The smallest absolute Gasteiger partial charge is 0.271 e. The van der Waals surface area contributed by atoms with Crippen LogP contribution in [0.3, 0.4) is 0 Å². The number of nitrogens with one attached hydrogen (secondary N) is 2. The van der Waals surface area contributed by atoms with Crippen LogP contribution in [0, 0.1) is 5.82 Å². The number of benzene rings is 2. The predicted molar refractivity (Wildman–Crippen MR) is 125 cm³/mol. The molecule has 1 aliphatic rings. The maximum absolute atomic E-state index is 13.7. The van der Waals surface area contributed by atoms with Crippen molar-refractivity contribution >= 4 is 31.8 Å². The van der Waals surface area contributed by atoms with Crippen LogP contribution in [0.1, 0.15) is 25.3 Å². The van der Waals surface area contributed by atoms with E-state index in [0.29, 0.717) is 22.3 Å². The van der Waals surface area contributed by atoms with Crippen LogP contribution in [0.5, 0.6) is 5.88 Å². The highest BCUT2D eigenvalue weighted by Crippen LogP contribution is 2.41. The zero-order valence-corrected chi connectivity index (χ0v) is 19.2. The molecule has 0 radical (unpaired) electrons. The van der Waals surface area contributed by atoms with Crippen molar-refractivity contribution in [3.05, 3.63) is 58.1 Å². The highest BCUT2D eigenvalue weighted by Gasteiger charge is 2.36. The molecule has 1 fully saturated rings. The van der Waals surface area contributed by atoms with Gasteiger partial charge >= 0.3 is 0 Å². The molecule has 0 aliphatic carbocycles. The molecule has 0 unspecified atom stereocenters. The van der Waals surface area contributed by atoms with Gasteiger partial charge in [0.1, 0.15) is 11.9 Å². The van der Waals surface area contributed by atoms with Gasteiger partial charge in [-0.15, -0.1) is 0 Å². The van der Waals surface area contributed by atoms with Crippen molar-refractivity contribution in [2.75, 3.05) is 19.3 Å². The lowest BCUT2D eigenvalue weighted by Gasteiger charge is -2.37. The largest absolute Gasteiger partial charge is 0.471 e. The minimum Gasteiger partial charge on any atom is -0.471 e. The molecule has 10 heteroatoms. The Morgan fingerprint density at radius 1 is 1.12 bits per heavy atom. The van der Waals surface area contributed by atoms with E-state index in [9.17, 15) is 17.6 Å². The van der Waals surface area contributed by atoms with Crippen molar-refractivity contribution in [3.63, 3.8) is 0 Å². The van der Waals surface area contributed by atoms with E-state index in [0.717, 1.165) is 22.1 Å². The Morgan fingerprint density at radius 2 is 1.82 bits per heavy atom. The van der Waals surface area contributed by atoms with Gasteiger partial charge in [0.2, 0.25) is 15.9 Å². The van der Waals surface area contributed by atoms with E-state index in [1.165, 1.54) is 22.7 Å². The van der Waals surface area contributed by atoms with Crippen LogP contribution in [-0.4, -0.2) is 53.4 Å². The van der Waals surface area contributed by atoms with Gasteiger partial charge in [-0.05, 0) is 41.3 Å². The molecular weight excluding hydrogens is 447 g/mol. The third kappa shape index (κ3) is 3.79. The van der Waals surface area contributed by atoms with Gasteiger partial charge < -0.3 is 4.74 Å². The fraction of sp³-hybridized carbons (Fsp3) is 0.304. The van der Waals surface area contributed by atoms with E-state index in [1.807, 2.05) is 13.8 Å². The Morgan fingerprint density at radius 3 is 2.45 bits per heavy atom. The number of rotatable bonds is 5. The summed E-state index contributed by atoms with van der Waals surface area (Å²) in [5.74, 6) is 0.0509. The third-order valence-corrected chi connectivity index (χ3v) is 7.19. The topological polar surface area (TPSA) is 108 Å². The highest BCUT2D eigenvalue weighted by atomic mass is 32.2. The molecule has 3 heterocycles. The van der Waals surface area contributed by atoms with Crippen molar-refractivity contribution in [2.45, 2.75) is 25.9 Å². The summed E-state index contributed by atoms with van der Waals surface area (Å²) in [5.41, 5.74) is 3.38. The summed E-state index contributed by atoms with van der Waals surface area (Å²) in [5, 5.41) is 6.69. The number of fused-ring (bicyclic) bond motifs is 2. The lowest BCUT2D eigenvalue weighted by atomic mass is 9.90. The Labute approximate surface area is 189 Å². The van der Waals surface area contributed by atoms with Crippen molar-refractivity contribution in [1.82, 2.24) is 19.5 Å². The summed E-state index contributed by atoms with van der Waals surface area (Å²) in [7, 11) is -3.27. The second-order valence-electron chi connectivity index (χ2n) is 8.68. The molecule has 0 saturated carbocycles. The number of aromatic amines is 2. The summed E-state index contributed by atoms with van der Waals surface area (Å²) < 4.78 is 44.7. The van der Waals surface area contributed by atoms with Crippen molar-refractivity contribution in [1.29, 1.82) is 0 Å². The van der Waals surface area contributed by atoms with Crippen LogP contribution < -0.4 is 10.3 Å². The highest BCUT2D eigenvalue weighted by molar-refractivity contribution is 7.88. The molecule has 4 aromatic rings. The van der Waals surface area contributed by atoms with E-state index in [4.69, 9.17) is 9.72 Å². The second kappa shape index (κ2) is 7.67. The van der Waals surface area contributed by atoms with Crippen LogP contribution in [0.15, 0.2) is 41.2 Å². The van der Waals surface area contributed by atoms with Crippen molar-refractivity contribution < 1.29 is 17.5 Å². The number of hydrogen-bond acceptors (Lipinski definition) is 5. The van der Waals surface area contributed by atoms with Gasteiger partial charge in [0.15, 0.2) is 0 Å². The third-order valence-electron chi connectivity index (χ3n) is 5.95. The molecular formula is C23H23FN4O4S. The first-order valence-corrected chi connectivity index (χ1v) is 12.4. The first-order valence-electron chi connectivity index (χ1n) is 10.6. The quantitative estimate of drug-likeness (QED) is 0.465. The van der Waals surface area contributed by atoms with E-state index < -0.39 is 10.0 Å². The van der Waals surface area contributed by atoms with Gasteiger partial charge in [-0.1, -0.05) is 26.0 Å². The molecule has 172 valence electrons. The number of aromatic nitrogens is 3. The number of nitrogens with zero attached hydrogens (tertiary/aromatic N) is 2. The average molecular weight is 471 g/mol. The van der Waals surface area contributed by atoms with Crippen LogP contribution in [0.4, 0.5) is 4.39 Å². The van der Waals surface area contributed by atoms with E-state index in [-0.39, 0.29) is 36.5 Å². The molecule has 0 amide bonds. The van der Waals surface area contributed by atoms with Gasteiger partial charge in [0, 0.05) is 10.9 Å². The number of H-pyrrole nitrogens is 2. The second-order valence-corrected chi connectivity index (χ2v) is 10.7. The Hall–Kier alpha value is -3.24. The lowest BCUT2D eigenvalue weighted by molar-refractivity contribution is 0.0718. The molecule has 1 aliphatic heterocycles. The summed E-state index contributed by atoms with van der Waals surface area (Å²) >= 11 is 0. The number of hydrogen-bond donors (Lipinski definition) is 2. The molecule has 8 nitrogen and oxygen atoms in total. The van der Waals surface area contributed by atoms with E-state index in [1.54, 1.807) is 24.3 Å². The Balaban J connectivity index is 1.73.